The molecule has 8 nitrogen and oxygen atoms in total. The van der Waals surface area contributed by atoms with Gasteiger partial charge in [0, 0.05) is 27.1 Å². The van der Waals surface area contributed by atoms with Crippen molar-refractivity contribution in [2.45, 2.75) is 25.9 Å². The van der Waals surface area contributed by atoms with Gasteiger partial charge in [0.25, 0.3) is 5.91 Å². The number of nitrogens with one attached hydrogen (secondary N) is 1. The topological polar surface area (TPSA) is 88.2 Å². The Kier molecular flexibility index (Phi) is 5.03. The molecule has 0 radical (unpaired) electrons. The number of amides is 3. The lowest BCUT2D eigenvalue weighted by molar-refractivity contribution is -0.553. The van der Waals surface area contributed by atoms with Gasteiger partial charge in [0.05, 0.1) is 13.1 Å². The fourth-order valence-electron chi connectivity index (χ4n) is 3.08. The van der Waals surface area contributed by atoms with Crippen molar-refractivity contribution >= 4 is 23.7 Å². The van der Waals surface area contributed by atoms with E-state index >= 15 is 0 Å². The molecule has 2 N–H and O–H groups in total. The van der Waals surface area contributed by atoms with Crippen LogP contribution in [-0.4, -0.2) is 76.5 Å². The molecule has 26 heavy (non-hydrogen) atoms. The van der Waals surface area contributed by atoms with E-state index in [0.29, 0.717) is 31.3 Å². The summed E-state index contributed by atoms with van der Waals surface area (Å²) in [5.74, 6) is 0.678. The van der Waals surface area contributed by atoms with Crippen LogP contribution in [0.2, 0.25) is 0 Å². The zero-order valence-electron chi connectivity index (χ0n) is 15.3. The molecule has 1 unspecified atom stereocenters. The Morgan fingerprint density at radius 1 is 1.19 bits per heavy atom. The van der Waals surface area contributed by atoms with Gasteiger partial charge in [-0.1, -0.05) is 34.8 Å². The first kappa shape index (κ1) is 18.1. The van der Waals surface area contributed by atoms with Crippen LogP contribution in [0.4, 0.5) is 4.79 Å². The van der Waals surface area contributed by atoms with Crippen LogP contribution in [0.3, 0.4) is 0 Å². The second kappa shape index (κ2) is 7.25. The molecule has 1 aromatic rings. The molecule has 138 valence electrons. The quantitative estimate of drug-likeness (QED) is 0.579. The molecule has 8 heteroatoms. The van der Waals surface area contributed by atoms with Crippen molar-refractivity contribution in [2.75, 3.05) is 27.2 Å². The van der Waals surface area contributed by atoms with Gasteiger partial charge < -0.3 is 5.11 Å². The molecular formula is C18H24N5O3+. The van der Waals surface area contributed by atoms with E-state index in [0.717, 1.165) is 16.0 Å². The number of aliphatic hydroxyl groups excluding tert-OH is 1. The van der Waals surface area contributed by atoms with E-state index in [1.54, 1.807) is 7.05 Å². The van der Waals surface area contributed by atoms with Crippen molar-refractivity contribution in [3.8, 4) is 0 Å². The third-order valence-corrected chi connectivity index (χ3v) is 4.62. The Hall–Kier alpha value is -2.74. The van der Waals surface area contributed by atoms with Crippen LogP contribution in [0.25, 0.3) is 0 Å². The summed E-state index contributed by atoms with van der Waals surface area (Å²) in [5, 5.41) is 12.2. The van der Waals surface area contributed by atoms with Gasteiger partial charge in [0.1, 0.15) is 0 Å². The molecule has 2 aliphatic rings. The van der Waals surface area contributed by atoms with E-state index in [1.165, 1.54) is 11.9 Å². The Balaban J connectivity index is 1.95. The lowest BCUT2D eigenvalue weighted by Gasteiger charge is -2.31. The number of aliphatic hydroxyl groups is 1. The van der Waals surface area contributed by atoms with Gasteiger partial charge in [-0.3, -0.25) is 19.9 Å². The van der Waals surface area contributed by atoms with E-state index in [2.05, 4.69) is 10.3 Å². The van der Waals surface area contributed by atoms with Crippen molar-refractivity contribution in [1.82, 2.24) is 15.1 Å². The lowest BCUT2D eigenvalue weighted by Crippen LogP contribution is -2.61. The van der Waals surface area contributed by atoms with Gasteiger partial charge in [-0.2, -0.15) is 0 Å². The van der Waals surface area contributed by atoms with Gasteiger partial charge in [0.15, 0.2) is 0 Å². The molecule has 1 saturated heterocycles. The first-order chi connectivity index (χ1) is 12.4. The van der Waals surface area contributed by atoms with Gasteiger partial charge in [-0.05, 0) is 12.5 Å². The Bertz CT molecular complexity index is 785. The predicted octanol–water partition coefficient (Wildman–Crippen LogP) is 0.140. The zero-order valence-corrected chi connectivity index (χ0v) is 15.3. The third kappa shape index (κ3) is 3.20. The number of urea groups is 1. The molecule has 1 atom stereocenters. The summed E-state index contributed by atoms with van der Waals surface area (Å²) in [6, 6.07) is 7.06. The molecule has 1 aromatic carbocycles. The van der Waals surface area contributed by atoms with Crippen LogP contribution in [0.5, 0.6) is 0 Å². The van der Waals surface area contributed by atoms with Gasteiger partial charge in [0.2, 0.25) is 11.9 Å². The van der Waals surface area contributed by atoms with Crippen molar-refractivity contribution in [3.05, 3.63) is 35.4 Å². The minimum atomic E-state index is -0.638. The summed E-state index contributed by atoms with van der Waals surface area (Å²) in [6.07, 6.45) is 0.569. The Morgan fingerprint density at radius 3 is 2.54 bits per heavy atom. The average Bonchev–Trinajstić information content (AvgIpc) is 2.99. The smallest absolute Gasteiger partial charge is 0.390 e. The van der Waals surface area contributed by atoms with Crippen LogP contribution in [0.1, 0.15) is 17.5 Å². The van der Waals surface area contributed by atoms with E-state index in [4.69, 9.17) is 5.11 Å². The number of guanidine groups is 1. The number of hydrogen-bond donors (Lipinski definition) is 2. The molecule has 0 spiro atoms. The highest BCUT2D eigenvalue weighted by Gasteiger charge is 2.51. The molecule has 0 aromatic heterocycles. The monoisotopic (exact) mass is 358 g/mol. The van der Waals surface area contributed by atoms with Gasteiger partial charge in [-0.25, -0.2) is 9.37 Å². The summed E-state index contributed by atoms with van der Waals surface area (Å²) in [5.41, 5.74) is 2.21. The summed E-state index contributed by atoms with van der Waals surface area (Å²) >= 11 is 0. The number of aliphatic imine (C=N–C) groups is 1. The number of amidine groups is 1. The lowest BCUT2D eigenvalue weighted by atomic mass is 10.1. The fourth-order valence-corrected chi connectivity index (χ4v) is 3.08. The molecule has 0 saturated carbocycles. The Morgan fingerprint density at radius 2 is 1.88 bits per heavy atom. The zero-order chi connectivity index (χ0) is 18.8. The van der Waals surface area contributed by atoms with E-state index in [1.807, 2.05) is 35.8 Å². The first-order valence-corrected chi connectivity index (χ1v) is 8.61. The molecular weight excluding hydrogens is 334 g/mol. The summed E-state index contributed by atoms with van der Waals surface area (Å²) in [4.78, 5) is 32.0. The normalized spacial score (nSPS) is 19.8. The fraction of sp³-hybridized carbons (Fsp3) is 0.444. The average molecular weight is 358 g/mol. The van der Waals surface area contributed by atoms with Crippen LogP contribution in [0.15, 0.2) is 29.3 Å². The molecule has 1 fully saturated rings. The number of benzene rings is 1. The highest BCUT2D eigenvalue weighted by molar-refractivity contribution is 6.22. The molecule has 3 amide bonds. The maximum absolute atomic E-state index is 12.8. The van der Waals surface area contributed by atoms with Gasteiger partial charge >= 0.3 is 12.0 Å². The number of carbonyl (C=O) groups is 2. The molecule has 3 rings (SSSR count). The van der Waals surface area contributed by atoms with Crippen LogP contribution < -0.4 is 5.32 Å². The van der Waals surface area contributed by atoms with Crippen molar-refractivity contribution in [3.63, 3.8) is 0 Å². The maximum atomic E-state index is 12.8. The minimum absolute atomic E-state index is 0.0678. The highest BCUT2D eigenvalue weighted by atomic mass is 16.3. The molecule has 0 aliphatic carbocycles. The van der Waals surface area contributed by atoms with E-state index < -0.39 is 12.1 Å². The largest absolute Gasteiger partial charge is 0.396 e. The second-order valence-electron chi connectivity index (χ2n) is 6.55. The summed E-state index contributed by atoms with van der Waals surface area (Å²) < 4.78 is 1.87. The number of likely N-dealkylation sites (N-methyl/N-ethyl adjacent to an activating group) is 2. The van der Waals surface area contributed by atoms with Crippen molar-refractivity contribution < 1.29 is 19.3 Å². The third-order valence-electron chi connectivity index (χ3n) is 4.62. The van der Waals surface area contributed by atoms with Crippen molar-refractivity contribution in [1.29, 1.82) is 0 Å². The first-order valence-electron chi connectivity index (χ1n) is 8.61. The molecule has 2 aliphatic heterocycles. The number of imide groups is 1. The number of carbonyl (C=O) groups excluding carboxylic acids is 2. The minimum Gasteiger partial charge on any atom is -0.396 e. The summed E-state index contributed by atoms with van der Waals surface area (Å²) in [7, 11) is 3.11. The van der Waals surface area contributed by atoms with Gasteiger partial charge in [-0.15, -0.1) is 0 Å². The molecule has 0 bridgehead atoms. The predicted molar refractivity (Wildman–Crippen MR) is 97.0 cm³/mol. The number of rotatable bonds is 5. The highest BCUT2D eigenvalue weighted by Crippen LogP contribution is 2.20. The summed E-state index contributed by atoms with van der Waals surface area (Å²) in [6.45, 7) is 3.11. The number of aryl methyl sites for hydroxylation is 1. The maximum Gasteiger partial charge on any atom is 0.390 e. The van der Waals surface area contributed by atoms with Crippen molar-refractivity contribution in [2.24, 2.45) is 4.99 Å². The number of nitrogens with zero attached hydrogens (tertiary/aromatic N) is 4. The Labute approximate surface area is 152 Å². The SMILES string of the molecule is Cc1ccc(C[N+]2=C(NCCCO)N=C3C2C(=O)N(C)C(=O)N3C)cc1. The van der Waals surface area contributed by atoms with Crippen LogP contribution in [0, 0.1) is 6.92 Å². The van der Waals surface area contributed by atoms with Crippen LogP contribution in [-0.2, 0) is 11.3 Å². The van der Waals surface area contributed by atoms with E-state index in [9.17, 15) is 9.59 Å². The van der Waals surface area contributed by atoms with Crippen LogP contribution >= 0.6 is 0 Å². The number of fused-ring (bicyclic) bond motifs is 1. The standard InChI is InChI=1S/C18H23N5O3/c1-12-5-7-13(8-6-12)11-23-14-15(20-17(23)19-9-4-10-24)21(2)18(26)22(3)16(14)25/h5-8,14,24H,4,9-11H2,1-3H3/p+1. The molecule has 2 heterocycles. The van der Waals surface area contributed by atoms with E-state index in [-0.39, 0.29) is 12.5 Å². The second-order valence-corrected chi connectivity index (χ2v) is 6.55. The number of hydrogen-bond acceptors (Lipinski definition) is 5.